The second kappa shape index (κ2) is 10.4. The number of amides is 1. The molecule has 0 radical (unpaired) electrons. The molecule has 1 aromatic rings. The van der Waals surface area contributed by atoms with E-state index in [4.69, 9.17) is 4.74 Å². The molecule has 0 saturated carbocycles. The molecule has 2 fully saturated rings. The molecule has 1 amide bonds. The molecule has 0 aromatic heterocycles. The van der Waals surface area contributed by atoms with E-state index >= 15 is 0 Å². The van der Waals surface area contributed by atoms with E-state index in [0.29, 0.717) is 24.4 Å². The van der Waals surface area contributed by atoms with E-state index in [-0.39, 0.29) is 11.7 Å². The first-order valence-electron chi connectivity index (χ1n) is 10.9. The number of hydrogen-bond acceptors (Lipinski definition) is 3. The summed E-state index contributed by atoms with van der Waals surface area (Å²) in [5.41, 5.74) is 0.757. The van der Waals surface area contributed by atoms with Crippen molar-refractivity contribution in [1.82, 2.24) is 9.80 Å². The summed E-state index contributed by atoms with van der Waals surface area (Å²) in [6.07, 6.45) is 5.82. The van der Waals surface area contributed by atoms with Gasteiger partial charge >= 0.3 is 0 Å². The van der Waals surface area contributed by atoms with Crippen molar-refractivity contribution in [3.63, 3.8) is 0 Å². The molecule has 2 aliphatic heterocycles. The SMILES string of the molecule is CC(C)CCN(C1CCOCC1)C1CCN(C(=O)Cc2cccc(F)c2)CC1. The van der Waals surface area contributed by atoms with Gasteiger partial charge in [-0.3, -0.25) is 9.69 Å². The zero-order valence-corrected chi connectivity index (χ0v) is 17.4. The molecule has 156 valence electrons. The van der Waals surface area contributed by atoms with Crippen LogP contribution in [-0.4, -0.2) is 60.6 Å². The predicted molar refractivity (Wildman–Crippen MR) is 110 cm³/mol. The molecule has 3 rings (SSSR count). The van der Waals surface area contributed by atoms with Crippen LogP contribution in [0.5, 0.6) is 0 Å². The molecule has 1 aromatic carbocycles. The summed E-state index contributed by atoms with van der Waals surface area (Å²) in [4.78, 5) is 17.3. The average Bonchev–Trinajstić information content (AvgIpc) is 2.69. The van der Waals surface area contributed by atoms with Crippen molar-refractivity contribution in [2.24, 2.45) is 5.92 Å². The standard InChI is InChI=1S/C23H35FN2O2/c1-18(2)6-13-26(22-9-14-28-15-10-22)21-7-11-25(12-8-21)23(27)17-19-4-3-5-20(24)16-19/h3-5,16,18,21-22H,6-15,17H2,1-2H3. The Hall–Kier alpha value is -1.46. The number of rotatable bonds is 7. The van der Waals surface area contributed by atoms with Crippen LogP contribution in [0.1, 0.15) is 51.5 Å². The van der Waals surface area contributed by atoms with Crippen molar-refractivity contribution < 1.29 is 13.9 Å². The summed E-state index contributed by atoms with van der Waals surface area (Å²) in [6.45, 7) is 9.07. The third-order valence-corrected chi connectivity index (χ3v) is 6.16. The van der Waals surface area contributed by atoms with Crippen LogP contribution in [0.15, 0.2) is 24.3 Å². The van der Waals surface area contributed by atoms with Crippen molar-refractivity contribution in [3.05, 3.63) is 35.6 Å². The number of ether oxygens (including phenoxy) is 1. The topological polar surface area (TPSA) is 32.8 Å². The van der Waals surface area contributed by atoms with Gasteiger partial charge in [-0.1, -0.05) is 26.0 Å². The molecule has 5 heteroatoms. The summed E-state index contributed by atoms with van der Waals surface area (Å²) < 4.78 is 18.9. The highest BCUT2D eigenvalue weighted by Gasteiger charge is 2.31. The summed E-state index contributed by atoms with van der Waals surface area (Å²) in [6, 6.07) is 7.55. The summed E-state index contributed by atoms with van der Waals surface area (Å²) in [7, 11) is 0. The quantitative estimate of drug-likeness (QED) is 0.708. The molecule has 0 unspecified atom stereocenters. The Morgan fingerprint density at radius 2 is 1.86 bits per heavy atom. The number of nitrogens with zero attached hydrogens (tertiary/aromatic N) is 2. The lowest BCUT2D eigenvalue weighted by molar-refractivity contribution is -0.132. The molecule has 2 heterocycles. The van der Waals surface area contributed by atoms with E-state index in [9.17, 15) is 9.18 Å². The molecule has 0 spiro atoms. The molecule has 2 aliphatic rings. The van der Waals surface area contributed by atoms with E-state index in [1.165, 1.54) is 18.6 Å². The summed E-state index contributed by atoms with van der Waals surface area (Å²) >= 11 is 0. The zero-order valence-electron chi connectivity index (χ0n) is 17.4. The van der Waals surface area contributed by atoms with Crippen LogP contribution in [0.25, 0.3) is 0 Å². The first-order chi connectivity index (χ1) is 13.5. The average molecular weight is 391 g/mol. The van der Waals surface area contributed by atoms with Gasteiger partial charge in [0.2, 0.25) is 5.91 Å². The van der Waals surface area contributed by atoms with Crippen LogP contribution in [0, 0.1) is 11.7 Å². The zero-order chi connectivity index (χ0) is 19.9. The Morgan fingerprint density at radius 3 is 2.50 bits per heavy atom. The van der Waals surface area contributed by atoms with Gasteiger partial charge < -0.3 is 9.64 Å². The number of carbonyl (C=O) groups is 1. The molecule has 28 heavy (non-hydrogen) atoms. The van der Waals surface area contributed by atoms with Crippen LogP contribution >= 0.6 is 0 Å². The Labute approximate surface area is 169 Å². The fourth-order valence-corrected chi connectivity index (χ4v) is 4.47. The van der Waals surface area contributed by atoms with Crippen molar-refractivity contribution in [2.75, 3.05) is 32.8 Å². The Morgan fingerprint density at radius 1 is 1.18 bits per heavy atom. The minimum Gasteiger partial charge on any atom is -0.381 e. The molecular weight excluding hydrogens is 355 g/mol. The van der Waals surface area contributed by atoms with E-state index in [1.54, 1.807) is 6.07 Å². The molecule has 0 atom stereocenters. The molecule has 0 N–H and O–H groups in total. The van der Waals surface area contributed by atoms with Crippen molar-refractivity contribution in [2.45, 2.75) is 64.5 Å². The molecule has 4 nitrogen and oxygen atoms in total. The van der Waals surface area contributed by atoms with Crippen LogP contribution in [0.3, 0.4) is 0 Å². The lowest BCUT2D eigenvalue weighted by Crippen LogP contribution is -2.52. The normalized spacial score (nSPS) is 19.5. The Kier molecular flexibility index (Phi) is 7.86. The highest BCUT2D eigenvalue weighted by Crippen LogP contribution is 2.25. The van der Waals surface area contributed by atoms with Gasteiger partial charge in [0.15, 0.2) is 0 Å². The smallest absolute Gasteiger partial charge is 0.226 e. The minimum atomic E-state index is -0.277. The number of benzene rings is 1. The van der Waals surface area contributed by atoms with Gasteiger partial charge in [0.05, 0.1) is 6.42 Å². The number of hydrogen-bond donors (Lipinski definition) is 0. The lowest BCUT2D eigenvalue weighted by Gasteiger charge is -2.44. The van der Waals surface area contributed by atoms with Gasteiger partial charge in [0.1, 0.15) is 5.82 Å². The number of likely N-dealkylation sites (tertiary alicyclic amines) is 1. The first-order valence-corrected chi connectivity index (χ1v) is 10.9. The van der Waals surface area contributed by atoms with E-state index in [2.05, 4.69) is 18.7 Å². The molecular formula is C23H35FN2O2. The molecule has 0 aliphatic carbocycles. The Balaban J connectivity index is 1.54. The minimum absolute atomic E-state index is 0.115. The largest absolute Gasteiger partial charge is 0.381 e. The van der Waals surface area contributed by atoms with Gasteiger partial charge in [-0.25, -0.2) is 4.39 Å². The van der Waals surface area contributed by atoms with E-state index in [0.717, 1.165) is 64.1 Å². The van der Waals surface area contributed by atoms with Gasteiger partial charge in [-0.15, -0.1) is 0 Å². The van der Waals surface area contributed by atoms with Gasteiger partial charge in [-0.2, -0.15) is 0 Å². The number of halogens is 1. The third kappa shape index (κ3) is 6.02. The number of piperidine rings is 1. The van der Waals surface area contributed by atoms with E-state index in [1.807, 2.05) is 11.0 Å². The monoisotopic (exact) mass is 390 g/mol. The molecule has 0 bridgehead atoms. The van der Waals surface area contributed by atoms with Crippen LogP contribution in [0.4, 0.5) is 4.39 Å². The fourth-order valence-electron chi connectivity index (χ4n) is 4.47. The highest BCUT2D eigenvalue weighted by molar-refractivity contribution is 5.78. The predicted octanol–water partition coefficient (Wildman–Crippen LogP) is 3.89. The van der Waals surface area contributed by atoms with Crippen molar-refractivity contribution >= 4 is 5.91 Å². The van der Waals surface area contributed by atoms with Crippen LogP contribution in [0.2, 0.25) is 0 Å². The van der Waals surface area contributed by atoms with Crippen LogP contribution in [-0.2, 0) is 16.0 Å². The molecule has 2 saturated heterocycles. The maximum Gasteiger partial charge on any atom is 0.226 e. The maximum absolute atomic E-state index is 13.4. The third-order valence-electron chi connectivity index (χ3n) is 6.16. The Bertz CT molecular complexity index is 623. The maximum atomic E-state index is 13.4. The summed E-state index contributed by atoms with van der Waals surface area (Å²) in [5, 5.41) is 0. The lowest BCUT2D eigenvalue weighted by atomic mass is 9.96. The fraction of sp³-hybridized carbons (Fsp3) is 0.696. The first kappa shape index (κ1) is 21.3. The summed E-state index contributed by atoms with van der Waals surface area (Å²) in [5.74, 6) is 0.542. The van der Waals surface area contributed by atoms with Crippen molar-refractivity contribution in [1.29, 1.82) is 0 Å². The van der Waals surface area contributed by atoms with Crippen molar-refractivity contribution in [3.8, 4) is 0 Å². The van der Waals surface area contributed by atoms with Crippen LogP contribution < -0.4 is 0 Å². The second-order valence-electron chi connectivity index (χ2n) is 8.68. The highest BCUT2D eigenvalue weighted by atomic mass is 19.1. The number of carbonyl (C=O) groups excluding carboxylic acids is 1. The van der Waals surface area contributed by atoms with Gasteiger partial charge in [-0.05, 0) is 62.3 Å². The van der Waals surface area contributed by atoms with Gasteiger partial charge in [0.25, 0.3) is 0 Å². The van der Waals surface area contributed by atoms with Gasteiger partial charge in [0, 0.05) is 38.4 Å². The second-order valence-corrected chi connectivity index (χ2v) is 8.68. The van der Waals surface area contributed by atoms with E-state index < -0.39 is 0 Å².